The molecule has 0 unspecified atom stereocenters. The smallest absolute Gasteiger partial charge is 0.224 e. The number of benzene rings is 1. The fourth-order valence-corrected chi connectivity index (χ4v) is 2.63. The van der Waals surface area contributed by atoms with Gasteiger partial charge in [0.05, 0.1) is 26.9 Å². The Hall–Kier alpha value is -2.96. The minimum atomic E-state index is -0.197. The zero-order valence-corrected chi connectivity index (χ0v) is 15.6. The van der Waals surface area contributed by atoms with Gasteiger partial charge in [-0.1, -0.05) is 0 Å². The molecular formula is C19H23NO6. The Morgan fingerprint density at radius 2 is 1.65 bits per heavy atom. The molecule has 7 heteroatoms. The van der Waals surface area contributed by atoms with E-state index in [4.69, 9.17) is 18.6 Å². The molecule has 0 fully saturated rings. The minimum absolute atomic E-state index is 0.0561. The van der Waals surface area contributed by atoms with Crippen LogP contribution in [0.3, 0.4) is 0 Å². The van der Waals surface area contributed by atoms with E-state index >= 15 is 0 Å². The highest BCUT2D eigenvalue weighted by Gasteiger charge is 2.16. The summed E-state index contributed by atoms with van der Waals surface area (Å²) < 4.78 is 21.3. The molecule has 2 rings (SSSR count). The van der Waals surface area contributed by atoms with Crippen LogP contribution in [0.5, 0.6) is 17.2 Å². The molecule has 2 aromatic rings. The number of amides is 1. The largest absolute Gasteiger partial charge is 0.493 e. The number of anilines is 1. The van der Waals surface area contributed by atoms with Crippen LogP contribution in [0.25, 0.3) is 0 Å². The Morgan fingerprint density at radius 1 is 1.04 bits per heavy atom. The van der Waals surface area contributed by atoms with Crippen molar-refractivity contribution in [1.29, 1.82) is 0 Å². The number of hydrogen-bond acceptors (Lipinski definition) is 6. The lowest BCUT2D eigenvalue weighted by atomic mass is 10.1. The second kappa shape index (κ2) is 8.42. The van der Waals surface area contributed by atoms with E-state index in [-0.39, 0.29) is 18.1 Å². The molecule has 26 heavy (non-hydrogen) atoms. The van der Waals surface area contributed by atoms with Crippen molar-refractivity contribution in [2.24, 2.45) is 0 Å². The maximum Gasteiger partial charge on any atom is 0.224 e. The third kappa shape index (κ3) is 4.36. The summed E-state index contributed by atoms with van der Waals surface area (Å²) in [5, 5.41) is 2.79. The molecule has 0 aliphatic rings. The fourth-order valence-electron chi connectivity index (χ4n) is 2.63. The predicted molar refractivity (Wildman–Crippen MR) is 96.5 cm³/mol. The monoisotopic (exact) mass is 361 g/mol. The Bertz CT molecular complexity index is 783. The van der Waals surface area contributed by atoms with Crippen LogP contribution in [0, 0.1) is 6.92 Å². The third-order valence-corrected chi connectivity index (χ3v) is 3.90. The standard InChI is InChI=1S/C19H23NO6/c1-11(21)15-10-14(26-12(15)2)6-7-18(22)20-13-8-16(23-3)19(25-5)17(9-13)24-4/h8-10H,6-7H2,1-5H3,(H,20,22). The van der Waals surface area contributed by atoms with Crippen LogP contribution in [-0.4, -0.2) is 33.0 Å². The van der Waals surface area contributed by atoms with E-state index in [1.165, 1.54) is 28.3 Å². The zero-order chi connectivity index (χ0) is 19.3. The van der Waals surface area contributed by atoms with Crippen LogP contribution < -0.4 is 19.5 Å². The van der Waals surface area contributed by atoms with E-state index in [9.17, 15) is 9.59 Å². The SMILES string of the molecule is COc1cc(NC(=O)CCc2cc(C(C)=O)c(C)o2)cc(OC)c1OC. The van der Waals surface area contributed by atoms with Crippen molar-refractivity contribution >= 4 is 17.4 Å². The van der Waals surface area contributed by atoms with Crippen molar-refractivity contribution in [2.75, 3.05) is 26.6 Å². The first-order valence-corrected chi connectivity index (χ1v) is 8.09. The van der Waals surface area contributed by atoms with Gasteiger partial charge in [0.15, 0.2) is 17.3 Å². The van der Waals surface area contributed by atoms with Gasteiger partial charge in [0, 0.05) is 30.7 Å². The minimum Gasteiger partial charge on any atom is -0.493 e. The molecule has 0 atom stereocenters. The quantitative estimate of drug-likeness (QED) is 0.725. The van der Waals surface area contributed by atoms with Gasteiger partial charge in [0.1, 0.15) is 11.5 Å². The second-order valence-corrected chi connectivity index (χ2v) is 5.70. The van der Waals surface area contributed by atoms with Gasteiger partial charge in [-0.2, -0.15) is 0 Å². The van der Waals surface area contributed by atoms with Crippen molar-refractivity contribution < 1.29 is 28.2 Å². The van der Waals surface area contributed by atoms with E-state index in [1.807, 2.05) is 0 Å². The van der Waals surface area contributed by atoms with Gasteiger partial charge in [0.25, 0.3) is 0 Å². The van der Waals surface area contributed by atoms with Gasteiger partial charge < -0.3 is 23.9 Å². The number of carbonyl (C=O) groups is 2. The van der Waals surface area contributed by atoms with E-state index < -0.39 is 0 Å². The maximum atomic E-state index is 12.2. The predicted octanol–water partition coefficient (Wildman–Crippen LogP) is 3.39. The first-order valence-electron chi connectivity index (χ1n) is 8.09. The second-order valence-electron chi connectivity index (χ2n) is 5.70. The first-order chi connectivity index (χ1) is 12.4. The lowest BCUT2D eigenvalue weighted by Gasteiger charge is -2.14. The number of Topliss-reactive ketones (excluding diaryl/α,β-unsaturated/α-hetero) is 1. The van der Waals surface area contributed by atoms with E-state index in [0.29, 0.717) is 46.4 Å². The highest BCUT2D eigenvalue weighted by Crippen LogP contribution is 2.39. The summed E-state index contributed by atoms with van der Waals surface area (Å²) in [6.45, 7) is 3.22. The van der Waals surface area contributed by atoms with E-state index in [1.54, 1.807) is 25.1 Å². The molecule has 0 aliphatic heterocycles. The van der Waals surface area contributed by atoms with Gasteiger partial charge in [-0.15, -0.1) is 0 Å². The molecule has 1 heterocycles. The van der Waals surface area contributed by atoms with Gasteiger partial charge in [-0.3, -0.25) is 9.59 Å². The average Bonchev–Trinajstić information content (AvgIpc) is 3.00. The van der Waals surface area contributed by atoms with Crippen molar-refractivity contribution in [3.63, 3.8) is 0 Å². The number of furan rings is 1. The Balaban J connectivity index is 2.06. The van der Waals surface area contributed by atoms with Gasteiger partial charge in [-0.05, 0) is 19.9 Å². The normalized spacial score (nSPS) is 10.3. The summed E-state index contributed by atoms with van der Waals surface area (Å²) in [6, 6.07) is 5.00. The van der Waals surface area contributed by atoms with Crippen LogP contribution in [0.2, 0.25) is 0 Å². The highest BCUT2D eigenvalue weighted by atomic mass is 16.5. The number of ether oxygens (including phenoxy) is 3. The fraction of sp³-hybridized carbons (Fsp3) is 0.368. The zero-order valence-electron chi connectivity index (χ0n) is 15.6. The van der Waals surface area contributed by atoms with Crippen LogP contribution in [-0.2, 0) is 11.2 Å². The number of carbonyl (C=O) groups excluding carboxylic acids is 2. The number of ketones is 1. The summed E-state index contributed by atoms with van der Waals surface area (Å²) in [5.41, 5.74) is 1.08. The highest BCUT2D eigenvalue weighted by molar-refractivity contribution is 5.95. The van der Waals surface area contributed by atoms with Crippen molar-refractivity contribution in [3.8, 4) is 17.2 Å². The molecular weight excluding hydrogens is 338 g/mol. The Morgan fingerprint density at radius 3 is 2.12 bits per heavy atom. The molecule has 0 bridgehead atoms. The summed E-state index contributed by atoms with van der Waals surface area (Å²) in [5.74, 6) is 2.28. The molecule has 1 aromatic heterocycles. The van der Waals surface area contributed by atoms with Gasteiger partial charge in [-0.25, -0.2) is 0 Å². The van der Waals surface area contributed by atoms with Gasteiger partial charge in [0.2, 0.25) is 11.7 Å². The molecule has 0 saturated heterocycles. The number of aryl methyl sites for hydroxylation is 2. The van der Waals surface area contributed by atoms with E-state index in [2.05, 4.69) is 5.32 Å². The van der Waals surface area contributed by atoms with Crippen LogP contribution in [0.15, 0.2) is 22.6 Å². The number of nitrogens with one attached hydrogen (secondary N) is 1. The van der Waals surface area contributed by atoms with Crippen LogP contribution >= 0.6 is 0 Å². The Labute approximate surface area is 152 Å². The number of rotatable bonds is 8. The van der Waals surface area contributed by atoms with Crippen molar-refractivity contribution in [3.05, 3.63) is 35.3 Å². The summed E-state index contributed by atoms with van der Waals surface area (Å²) in [7, 11) is 4.53. The lowest BCUT2D eigenvalue weighted by molar-refractivity contribution is -0.116. The third-order valence-electron chi connectivity index (χ3n) is 3.90. The molecule has 0 saturated carbocycles. The summed E-state index contributed by atoms with van der Waals surface area (Å²) in [4.78, 5) is 23.7. The lowest BCUT2D eigenvalue weighted by Crippen LogP contribution is -2.12. The summed E-state index contributed by atoms with van der Waals surface area (Å²) in [6.07, 6.45) is 0.603. The topological polar surface area (TPSA) is 87.0 Å². The van der Waals surface area contributed by atoms with Gasteiger partial charge >= 0.3 is 0 Å². The number of methoxy groups -OCH3 is 3. The molecule has 1 N–H and O–H groups in total. The van der Waals surface area contributed by atoms with Crippen molar-refractivity contribution in [1.82, 2.24) is 0 Å². The molecule has 0 spiro atoms. The molecule has 0 aliphatic carbocycles. The molecule has 0 radical (unpaired) electrons. The molecule has 140 valence electrons. The average molecular weight is 361 g/mol. The van der Waals surface area contributed by atoms with Crippen molar-refractivity contribution in [2.45, 2.75) is 26.7 Å². The van der Waals surface area contributed by atoms with Crippen LogP contribution in [0.1, 0.15) is 35.2 Å². The number of hydrogen-bond donors (Lipinski definition) is 1. The summed E-state index contributed by atoms with van der Waals surface area (Å²) >= 11 is 0. The Kier molecular flexibility index (Phi) is 6.27. The molecule has 7 nitrogen and oxygen atoms in total. The van der Waals surface area contributed by atoms with E-state index in [0.717, 1.165) is 0 Å². The molecule has 1 amide bonds. The maximum absolute atomic E-state index is 12.2. The van der Waals surface area contributed by atoms with Crippen LogP contribution in [0.4, 0.5) is 5.69 Å². The molecule has 1 aromatic carbocycles. The first kappa shape index (κ1) is 19.4.